The van der Waals surface area contributed by atoms with Crippen molar-refractivity contribution in [3.8, 4) is 11.8 Å². The van der Waals surface area contributed by atoms with Gasteiger partial charge in [-0.1, -0.05) is 13.0 Å². The van der Waals surface area contributed by atoms with Crippen molar-refractivity contribution < 1.29 is 14.3 Å². The van der Waals surface area contributed by atoms with E-state index < -0.39 is 11.9 Å². The topological polar surface area (TPSA) is 104 Å². The number of aryl methyl sites for hydroxylation is 1. The summed E-state index contributed by atoms with van der Waals surface area (Å²) >= 11 is 0. The molecule has 7 nitrogen and oxygen atoms in total. The van der Waals surface area contributed by atoms with E-state index in [2.05, 4.69) is 16.4 Å². The van der Waals surface area contributed by atoms with Crippen molar-refractivity contribution in [2.75, 3.05) is 12.4 Å². The van der Waals surface area contributed by atoms with E-state index >= 15 is 0 Å². The summed E-state index contributed by atoms with van der Waals surface area (Å²) in [5, 5.41) is 12.5. The van der Waals surface area contributed by atoms with E-state index in [0.717, 1.165) is 5.56 Å². The average Bonchev–Trinajstić information content (AvgIpc) is 2.74. The van der Waals surface area contributed by atoms with Crippen LogP contribution in [-0.4, -0.2) is 24.2 Å². The molecule has 7 heteroatoms. The van der Waals surface area contributed by atoms with Crippen molar-refractivity contribution in [1.29, 1.82) is 5.26 Å². The second-order valence-electron chi connectivity index (χ2n) is 7.38. The third-order valence-electron chi connectivity index (χ3n) is 5.40. The van der Waals surface area contributed by atoms with Gasteiger partial charge in [-0.3, -0.25) is 4.79 Å². The maximum absolute atomic E-state index is 13.2. The van der Waals surface area contributed by atoms with Gasteiger partial charge in [0.2, 0.25) is 0 Å². The number of nitriles is 1. The third kappa shape index (κ3) is 3.69. The van der Waals surface area contributed by atoms with E-state index in [-0.39, 0.29) is 11.7 Å². The number of nitrogens with zero attached hydrogens (tertiary/aromatic N) is 1. The zero-order valence-corrected chi connectivity index (χ0v) is 17.8. The summed E-state index contributed by atoms with van der Waals surface area (Å²) in [5.74, 6) is -0.768. The van der Waals surface area contributed by atoms with Crippen LogP contribution in [0.15, 0.2) is 40.5 Å². The highest BCUT2D eigenvalue weighted by Crippen LogP contribution is 2.44. The molecule has 2 atom stereocenters. The van der Waals surface area contributed by atoms with E-state index in [1.807, 2.05) is 20.8 Å². The number of benzene rings is 1. The normalized spacial score (nSPS) is 16.2. The van der Waals surface area contributed by atoms with Gasteiger partial charge in [-0.2, -0.15) is 5.26 Å². The van der Waals surface area contributed by atoms with E-state index in [1.165, 1.54) is 7.11 Å². The lowest BCUT2D eigenvalue weighted by Gasteiger charge is -2.31. The molecule has 2 aromatic rings. The Balaban J connectivity index is 2.30. The van der Waals surface area contributed by atoms with Crippen LogP contribution in [-0.2, 0) is 9.53 Å². The number of carbonyl (C=O) groups is 1. The van der Waals surface area contributed by atoms with Crippen molar-refractivity contribution in [3.63, 3.8) is 0 Å². The van der Waals surface area contributed by atoms with Gasteiger partial charge in [-0.25, -0.2) is 4.79 Å². The summed E-state index contributed by atoms with van der Waals surface area (Å²) in [7, 11) is 1.50. The Bertz CT molecular complexity index is 1120. The molecule has 1 aliphatic heterocycles. The number of H-pyrrole nitrogens is 1. The molecular weight excluding hydrogens is 382 g/mol. The van der Waals surface area contributed by atoms with Gasteiger partial charge in [0.25, 0.3) is 5.56 Å². The fourth-order valence-electron chi connectivity index (χ4n) is 3.64. The number of aromatic amines is 1. The molecule has 0 bridgehead atoms. The number of aromatic nitrogens is 1. The molecule has 156 valence electrons. The van der Waals surface area contributed by atoms with Gasteiger partial charge < -0.3 is 19.8 Å². The molecule has 2 unspecified atom stereocenters. The Morgan fingerprint density at radius 2 is 2.07 bits per heavy atom. The number of esters is 1. The lowest BCUT2D eigenvalue weighted by molar-refractivity contribution is -0.143. The third-order valence-corrected chi connectivity index (χ3v) is 5.40. The molecule has 0 amide bonds. The zero-order valence-electron chi connectivity index (χ0n) is 17.8. The lowest BCUT2D eigenvalue weighted by atomic mass is 9.80. The molecule has 0 saturated heterocycles. The number of carbonyl (C=O) groups excluding carboxylic acids is 1. The van der Waals surface area contributed by atoms with Gasteiger partial charge in [-0.15, -0.1) is 0 Å². The van der Waals surface area contributed by atoms with Crippen LogP contribution in [0.25, 0.3) is 0 Å². The van der Waals surface area contributed by atoms with E-state index in [4.69, 9.17) is 9.47 Å². The molecule has 2 N–H and O–H groups in total. The van der Waals surface area contributed by atoms with Gasteiger partial charge in [0.05, 0.1) is 47.6 Å². The predicted molar refractivity (Wildman–Crippen MR) is 114 cm³/mol. The monoisotopic (exact) mass is 407 g/mol. The summed E-state index contributed by atoms with van der Waals surface area (Å²) in [6, 6.07) is 7.06. The van der Waals surface area contributed by atoms with E-state index in [9.17, 15) is 14.9 Å². The number of rotatable bonds is 5. The molecule has 3 rings (SSSR count). The minimum Gasteiger partial charge on any atom is -0.496 e. The van der Waals surface area contributed by atoms with E-state index in [0.29, 0.717) is 45.8 Å². The molecule has 0 spiro atoms. The number of nitrogens with one attached hydrogen (secondary N) is 2. The average molecular weight is 407 g/mol. The highest BCUT2D eigenvalue weighted by atomic mass is 16.5. The van der Waals surface area contributed by atoms with Crippen LogP contribution in [0.4, 0.5) is 5.69 Å². The number of methoxy groups -OCH3 is 1. The smallest absolute Gasteiger partial charge is 0.337 e. The molecule has 0 fully saturated rings. The SMILES string of the molecule is CCC(C)OC(=O)C1=C(C)Nc2c(C)c[nH]c(=O)c2C1c1ccc(C#N)cc1OC. The summed E-state index contributed by atoms with van der Waals surface area (Å²) in [6.07, 6.45) is 2.04. The molecule has 0 radical (unpaired) electrons. The highest BCUT2D eigenvalue weighted by molar-refractivity contribution is 5.95. The van der Waals surface area contributed by atoms with Crippen LogP contribution in [0.5, 0.6) is 5.75 Å². The molecule has 0 aliphatic carbocycles. The molecule has 1 aliphatic rings. The van der Waals surface area contributed by atoms with Crippen LogP contribution < -0.4 is 15.6 Å². The maximum Gasteiger partial charge on any atom is 0.337 e. The number of hydrogen-bond donors (Lipinski definition) is 2. The van der Waals surface area contributed by atoms with Crippen molar-refractivity contribution in [1.82, 2.24) is 4.98 Å². The minimum absolute atomic E-state index is 0.265. The summed E-state index contributed by atoms with van der Waals surface area (Å²) in [6.45, 7) is 7.43. The second-order valence-corrected chi connectivity index (χ2v) is 7.38. The lowest BCUT2D eigenvalue weighted by Crippen LogP contribution is -2.31. The van der Waals surface area contributed by atoms with Crippen LogP contribution in [0.3, 0.4) is 0 Å². The van der Waals surface area contributed by atoms with Crippen molar-refractivity contribution in [2.24, 2.45) is 0 Å². The maximum atomic E-state index is 13.2. The van der Waals surface area contributed by atoms with Crippen LogP contribution in [0.1, 0.15) is 55.4 Å². The molecule has 1 aromatic carbocycles. The van der Waals surface area contributed by atoms with Crippen LogP contribution in [0, 0.1) is 18.3 Å². The fourth-order valence-corrected chi connectivity index (χ4v) is 3.64. The first-order chi connectivity index (χ1) is 14.3. The van der Waals surface area contributed by atoms with Gasteiger partial charge in [0.1, 0.15) is 5.75 Å². The molecule has 1 aromatic heterocycles. The molecular formula is C23H25N3O4. The first-order valence-corrected chi connectivity index (χ1v) is 9.81. The van der Waals surface area contributed by atoms with Gasteiger partial charge in [0.15, 0.2) is 0 Å². The van der Waals surface area contributed by atoms with Gasteiger partial charge in [0, 0.05) is 17.5 Å². The second kappa shape index (κ2) is 8.46. The summed E-state index contributed by atoms with van der Waals surface area (Å²) in [4.78, 5) is 28.8. The molecule has 30 heavy (non-hydrogen) atoms. The summed E-state index contributed by atoms with van der Waals surface area (Å²) in [5.41, 5.74) is 3.62. The van der Waals surface area contributed by atoms with Gasteiger partial charge >= 0.3 is 5.97 Å². The van der Waals surface area contributed by atoms with Crippen molar-refractivity contribution >= 4 is 11.7 Å². The summed E-state index contributed by atoms with van der Waals surface area (Å²) < 4.78 is 11.2. The number of pyridine rings is 1. The van der Waals surface area contributed by atoms with Crippen LogP contribution in [0.2, 0.25) is 0 Å². The minimum atomic E-state index is -0.704. The van der Waals surface area contributed by atoms with E-state index in [1.54, 1.807) is 31.3 Å². The fraction of sp³-hybridized carbons (Fsp3) is 0.348. The first kappa shape index (κ1) is 21.2. The number of hydrogen-bond acceptors (Lipinski definition) is 6. The molecule has 0 saturated carbocycles. The predicted octanol–water partition coefficient (Wildman–Crippen LogP) is 3.74. The Morgan fingerprint density at radius 1 is 1.33 bits per heavy atom. The standard InChI is InChI=1S/C23H25N3O4/c1-6-13(3)30-23(28)18-14(4)26-21-12(2)11-25-22(27)20(21)19(18)16-8-7-15(10-24)9-17(16)29-5/h7-9,11,13,19,26H,6H2,1-5H3,(H,25,27). The number of fused-ring (bicyclic) bond motifs is 1. The van der Waals surface area contributed by atoms with Crippen molar-refractivity contribution in [2.45, 2.75) is 46.1 Å². The van der Waals surface area contributed by atoms with Gasteiger partial charge in [-0.05, 0) is 44.9 Å². The number of ether oxygens (including phenoxy) is 2. The Hall–Kier alpha value is -3.53. The van der Waals surface area contributed by atoms with Crippen molar-refractivity contribution in [3.05, 3.63) is 68.3 Å². The highest BCUT2D eigenvalue weighted by Gasteiger charge is 2.37. The zero-order chi connectivity index (χ0) is 22.0. The first-order valence-electron chi connectivity index (χ1n) is 9.81. The Kier molecular flexibility index (Phi) is 5.97. The Morgan fingerprint density at radius 3 is 2.70 bits per heavy atom. The van der Waals surface area contributed by atoms with Crippen LogP contribution >= 0.6 is 0 Å². The number of allylic oxidation sites excluding steroid dienone is 1. The quantitative estimate of drug-likeness (QED) is 0.732. The number of anilines is 1. The Labute approximate surface area is 175 Å². The largest absolute Gasteiger partial charge is 0.496 e. The molecule has 2 heterocycles.